The lowest BCUT2D eigenvalue weighted by Crippen LogP contribution is -2.29. The van der Waals surface area contributed by atoms with Crippen molar-refractivity contribution >= 4 is 21.7 Å². The highest BCUT2D eigenvalue weighted by molar-refractivity contribution is 7.90. The summed E-state index contributed by atoms with van der Waals surface area (Å²) in [5.74, 6) is -1.04. The average molecular weight is 299 g/mol. The first kappa shape index (κ1) is 16.2. The fourth-order valence-corrected chi connectivity index (χ4v) is 2.00. The van der Waals surface area contributed by atoms with Gasteiger partial charge in [-0.25, -0.2) is 13.2 Å². The molecule has 0 spiro atoms. The van der Waals surface area contributed by atoms with E-state index in [1.54, 1.807) is 0 Å². The van der Waals surface area contributed by atoms with Gasteiger partial charge in [0.15, 0.2) is 16.4 Å². The van der Waals surface area contributed by atoms with Crippen LogP contribution >= 0.6 is 0 Å². The quantitative estimate of drug-likeness (QED) is 0.784. The molecule has 0 heterocycles. The lowest BCUT2D eigenvalue weighted by Gasteiger charge is -2.06. The first-order chi connectivity index (χ1) is 9.34. The zero-order chi connectivity index (χ0) is 15.2. The van der Waals surface area contributed by atoms with Crippen LogP contribution < -0.4 is 5.32 Å². The molecule has 1 amide bonds. The molecule has 0 aromatic heterocycles. The van der Waals surface area contributed by atoms with Gasteiger partial charge in [0.25, 0.3) is 5.91 Å². The second-order valence-corrected chi connectivity index (χ2v) is 6.24. The highest BCUT2D eigenvalue weighted by Crippen LogP contribution is 2.11. The number of ether oxygens (including phenoxy) is 1. The summed E-state index contributed by atoms with van der Waals surface area (Å²) in [6, 6.07) is 5.34. The largest absolute Gasteiger partial charge is 0.452 e. The lowest BCUT2D eigenvalue weighted by molar-refractivity contribution is -0.124. The summed E-state index contributed by atoms with van der Waals surface area (Å²) in [6.07, 6.45) is 1.88. The number of esters is 1. The second kappa shape index (κ2) is 7.04. The van der Waals surface area contributed by atoms with Gasteiger partial charge in [0.05, 0.1) is 10.5 Å². The predicted molar refractivity (Wildman–Crippen MR) is 73.1 cm³/mol. The van der Waals surface area contributed by atoms with Gasteiger partial charge < -0.3 is 10.1 Å². The highest BCUT2D eigenvalue weighted by Gasteiger charge is 2.12. The normalized spacial score (nSPS) is 10.9. The molecule has 0 bridgehead atoms. The third-order valence-electron chi connectivity index (χ3n) is 2.42. The van der Waals surface area contributed by atoms with Crippen molar-refractivity contribution < 1.29 is 22.7 Å². The fraction of sp³-hybridized carbons (Fsp3) is 0.385. The van der Waals surface area contributed by atoms with E-state index >= 15 is 0 Å². The van der Waals surface area contributed by atoms with E-state index < -0.39 is 15.8 Å². The molecule has 6 nitrogen and oxygen atoms in total. The molecular weight excluding hydrogens is 282 g/mol. The molecule has 1 aromatic rings. The Kier molecular flexibility index (Phi) is 5.69. The first-order valence-electron chi connectivity index (χ1n) is 6.08. The fourth-order valence-electron chi connectivity index (χ4n) is 1.37. The van der Waals surface area contributed by atoms with Crippen LogP contribution in [0.4, 0.5) is 0 Å². The molecule has 1 aromatic carbocycles. The molecule has 0 unspecified atom stereocenters. The third kappa shape index (κ3) is 5.00. The van der Waals surface area contributed by atoms with E-state index in [1.807, 2.05) is 6.92 Å². The molecule has 110 valence electrons. The first-order valence-corrected chi connectivity index (χ1v) is 7.97. The van der Waals surface area contributed by atoms with Crippen molar-refractivity contribution in [1.82, 2.24) is 5.32 Å². The van der Waals surface area contributed by atoms with Crippen molar-refractivity contribution in [2.24, 2.45) is 0 Å². The van der Waals surface area contributed by atoms with Gasteiger partial charge in [0.1, 0.15) is 0 Å². The lowest BCUT2D eigenvalue weighted by atomic mass is 10.2. The van der Waals surface area contributed by atoms with Crippen molar-refractivity contribution in [2.75, 3.05) is 19.4 Å². The van der Waals surface area contributed by atoms with E-state index in [1.165, 1.54) is 24.3 Å². The summed E-state index contributed by atoms with van der Waals surface area (Å²) in [5.41, 5.74) is 0.195. The van der Waals surface area contributed by atoms with Crippen LogP contribution in [-0.2, 0) is 19.4 Å². The summed E-state index contributed by atoms with van der Waals surface area (Å²) >= 11 is 0. The minimum Gasteiger partial charge on any atom is -0.452 e. The summed E-state index contributed by atoms with van der Waals surface area (Å²) in [5, 5.41) is 2.57. The van der Waals surface area contributed by atoms with Crippen LogP contribution in [0.3, 0.4) is 0 Å². The molecule has 0 aliphatic carbocycles. The van der Waals surface area contributed by atoms with Crippen LogP contribution in [0.5, 0.6) is 0 Å². The third-order valence-corrected chi connectivity index (χ3v) is 3.55. The van der Waals surface area contributed by atoms with Gasteiger partial charge in [-0.1, -0.05) is 6.92 Å². The Labute approximate surface area is 118 Å². The van der Waals surface area contributed by atoms with E-state index in [0.717, 1.165) is 12.7 Å². The number of nitrogens with one attached hydrogen (secondary N) is 1. The number of carbonyl (C=O) groups excluding carboxylic acids is 2. The number of rotatable bonds is 6. The molecule has 20 heavy (non-hydrogen) atoms. The molecule has 0 saturated heterocycles. The molecule has 0 atom stereocenters. The maximum Gasteiger partial charge on any atom is 0.338 e. The summed E-state index contributed by atoms with van der Waals surface area (Å²) in [7, 11) is -3.30. The van der Waals surface area contributed by atoms with Gasteiger partial charge in [0.2, 0.25) is 0 Å². The standard InChI is InChI=1S/C13H17NO5S/c1-3-8-14-12(15)9-19-13(16)10-4-6-11(7-5-10)20(2,17)18/h4-7H,3,8-9H2,1-2H3,(H,14,15). The Bertz CT molecular complexity index is 577. The molecule has 0 fully saturated rings. The van der Waals surface area contributed by atoms with Crippen LogP contribution in [0.1, 0.15) is 23.7 Å². The van der Waals surface area contributed by atoms with Crippen molar-refractivity contribution in [3.8, 4) is 0 Å². The topological polar surface area (TPSA) is 89.5 Å². The SMILES string of the molecule is CCCNC(=O)COC(=O)c1ccc(S(C)(=O)=O)cc1. The predicted octanol–water partition coefficient (Wildman–Crippen LogP) is 0.773. The molecule has 0 saturated carbocycles. The molecule has 0 aliphatic heterocycles. The van der Waals surface area contributed by atoms with Crippen LogP contribution in [0.2, 0.25) is 0 Å². The van der Waals surface area contributed by atoms with Crippen molar-refractivity contribution in [1.29, 1.82) is 0 Å². The average Bonchev–Trinajstić information content (AvgIpc) is 2.41. The Morgan fingerprint density at radius 1 is 1.20 bits per heavy atom. The van der Waals surface area contributed by atoms with Crippen molar-refractivity contribution in [2.45, 2.75) is 18.2 Å². The van der Waals surface area contributed by atoms with E-state index in [4.69, 9.17) is 4.74 Å². The summed E-state index contributed by atoms with van der Waals surface area (Å²) in [4.78, 5) is 23.0. The Morgan fingerprint density at radius 3 is 2.30 bits per heavy atom. The second-order valence-electron chi connectivity index (χ2n) is 4.22. The van der Waals surface area contributed by atoms with Gasteiger partial charge in [-0.05, 0) is 30.7 Å². The molecule has 0 radical (unpaired) electrons. The van der Waals surface area contributed by atoms with E-state index in [-0.39, 0.29) is 23.0 Å². The number of sulfone groups is 1. The monoisotopic (exact) mass is 299 g/mol. The Hall–Kier alpha value is -1.89. The number of carbonyl (C=O) groups is 2. The zero-order valence-electron chi connectivity index (χ0n) is 11.4. The number of hydrogen-bond donors (Lipinski definition) is 1. The van der Waals surface area contributed by atoms with Crippen LogP contribution in [0, 0.1) is 0 Å². The van der Waals surface area contributed by atoms with Gasteiger partial charge in [-0.15, -0.1) is 0 Å². The molecule has 0 aliphatic rings. The van der Waals surface area contributed by atoms with Crippen LogP contribution in [0.15, 0.2) is 29.2 Å². The molecular formula is C13H17NO5S. The number of amides is 1. The summed E-state index contributed by atoms with van der Waals surface area (Å²) < 4.78 is 27.3. The number of hydrogen-bond acceptors (Lipinski definition) is 5. The van der Waals surface area contributed by atoms with Gasteiger partial charge in [0, 0.05) is 12.8 Å². The van der Waals surface area contributed by atoms with Gasteiger partial charge in [-0.2, -0.15) is 0 Å². The van der Waals surface area contributed by atoms with Gasteiger partial charge >= 0.3 is 5.97 Å². The van der Waals surface area contributed by atoms with Crippen LogP contribution in [-0.4, -0.2) is 39.7 Å². The minimum atomic E-state index is -3.30. The van der Waals surface area contributed by atoms with E-state index in [0.29, 0.717) is 6.54 Å². The molecule has 1 N–H and O–H groups in total. The molecule has 7 heteroatoms. The maximum absolute atomic E-state index is 11.6. The van der Waals surface area contributed by atoms with Crippen molar-refractivity contribution in [3.63, 3.8) is 0 Å². The van der Waals surface area contributed by atoms with Crippen molar-refractivity contribution in [3.05, 3.63) is 29.8 Å². The maximum atomic E-state index is 11.6. The van der Waals surface area contributed by atoms with E-state index in [9.17, 15) is 18.0 Å². The smallest absolute Gasteiger partial charge is 0.338 e. The van der Waals surface area contributed by atoms with E-state index in [2.05, 4.69) is 5.32 Å². The summed E-state index contributed by atoms with van der Waals surface area (Å²) in [6.45, 7) is 2.09. The zero-order valence-corrected chi connectivity index (χ0v) is 12.2. The minimum absolute atomic E-state index is 0.120. The van der Waals surface area contributed by atoms with Gasteiger partial charge in [-0.3, -0.25) is 4.79 Å². The van der Waals surface area contributed by atoms with Crippen LogP contribution in [0.25, 0.3) is 0 Å². The molecule has 1 rings (SSSR count). The Morgan fingerprint density at radius 2 is 1.80 bits per heavy atom. The highest BCUT2D eigenvalue weighted by atomic mass is 32.2. The Balaban J connectivity index is 2.58. The number of benzene rings is 1.